The fourth-order valence-corrected chi connectivity index (χ4v) is 1.70. The Labute approximate surface area is 93.2 Å². The summed E-state index contributed by atoms with van der Waals surface area (Å²) in [6, 6.07) is 7.33. The second kappa shape index (κ2) is 4.35. The topological polar surface area (TPSA) is 52.6 Å². The van der Waals surface area contributed by atoms with Gasteiger partial charge >= 0.3 is 11.9 Å². The van der Waals surface area contributed by atoms with Crippen LogP contribution in [0.1, 0.15) is 18.9 Å². The molecule has 84 valence electrons. The van der Waals surface area contributed by atoms with E-state index in [-0.39, 0.29) is 0 Å². The van der Waals surface area contributed by atoms with Crippen molar-refractivity contribution in [1.82, 2.24) is 0 Å². The number of carbonyl (C=O) groups is 2. The third-order valence-corrected chi connectivity index (χ3v) is 2.43. The van der Waals surface area contributed by atoms with Crippen molar-refractivity contribution < 1.29 is 19.1 Å². The summed E-state index contributed by atoms with van der Waals surface area (Å²) in [5.41, 5.74) is 0.963. The van der Waals surface area contributed by atoms with Gasteiger partial charge in [-0.15, -0.1) is 0 Å². The fraction of sp³-hybridized carbons (Fsp3) is 0.333. The van der Waals surface area contributed by atoms with Gasteiger partial charge in [-0.25, -0.2) is 4.79 Å². The molecular formula is C12H12O4. The molecule has 2 rings (SSSR count). The maximum absolute atomic E-state index is 11.6. The number of ether oxygens (including phenoxy) is 2. The summed E-state index contributed by atoms with van der Waals surface area (Å²) >= 11 is 0. The van der Waals surface area contributed by atoms with Gasteiger partial charge in [-0.2, -0.15) is 0 Å². The van der Waals surface area contributed by atoms with Gasteiger partial charge in [0.25, 0.3) is 0 Å². The van der Waals surface area contributed by atoms with Crippen LogP contribution >= 0.6 is 0 Å². The van der Waals surface area contributed by atoms with Gasteiger partial charge in [-0.1, -0.05) is 18.2 Å². The van der Waals surface area contributed by atoms with E-state index in [1.165, 1.54) is 6.92 Å². The molecule has 0 aromatic heterocycles. The monoisotopic (exact) mass is 220 g/mol. The van der Waals surface area contributed by atoms with Gasteiger partial charge < -0.3 is 9.47 Å². The highest BCUT2D eigenvalue weighted by Crippen LogP contribution is 2.25. The molecule has 0 fully saturated rings. The van der Waals surface area contributed by atoms with E-state index in [0.29, 0.717) is 18.6 Å². The first kappa shape index (κ1) is 10.7. The summed E-state index contributed by atoms with van der Waals surface area (Å²) in [4.78, 5) is 22.4. The highest BCUT2D eigenvalue weighted by atomic mass is 16.6. The molecule has 1 aromatic carbocycles. The summed E-state index contributed by atoms with van der Waals surface area (Å²) < 4.78 is 10.1. The molecule has 4 heteroatoms. The SMILES string of the molecule is CC(=O)OC1CCc2ccccc2OC1=O. The Balaban J connectivity index is 2.18. The van der Waals surface area contributed by atoms with Crippen molar-refractivity contribution in [2.75, 3.05) is 0 Å². The van der Waals surface area contributed by atoms with Crippen LogP contribution in [-0.2, 0) is 20.7 Å². The van der Waals surface area contributed by atoms with Crippen LogP contribution in [0, 0.1) is 0 Å². The first-order chi connectivity index (χ1) is 7.66. The zero-order valence-electron chi connectivity index (χ0n) is 8.93. The summed E-state index contributed by atoms with van der Waals surface area (Å²) in [5.74, 6) is -0.407. The van der Waals surface area contributed by atoms with Gasteiger partial charge in [-0.05, 0) is 24.5 Å². The smallest absolute Gasteiger partial charge is 0.352 e. The van der Waals surface area contributed by atoms with E-state index in [2.05, 4.69) is 0 Å². The summed E-state index contributed by atoms with van der Waals surface area (Å²) in [5, 5.41) is 0. The van der Waals surface area contributed by atoms with Gasteiger partial charge in [0.15, 0.2) is 6.10 Å². The predicted octanol–water partition coefficient (Wildman–Crippen LogP) is 1.47. The Kier molecular flexibility index (Phi) is 2.90. The van der Waals surface area contributed by atoms with E-state index in [1.807, 2.05) is 12.1 Å². The van der Waals surface area contributed by atoms with E-state index in [0.717, 1.165) is 5.56 Å². The molecule has 16 heavy (non-hydrogen) atoms. The molecule has 0 bridgehead atoms. The molecule has 0 aliphatic carbocycles. The number of hydrogen-bond acceptors (Lipinski definition) is 4. The van der Waals surface area contributed by atoms with Crippen LogP contribution in [0.15, 0.2) is 24.3 Å². The van der Waals surface area contributed by atoms with Crippen LogP contribution in [0.25, 0.3) is 0 Å². The Morgan fingerprint density at radius 2 is 2.19 bits per heavy atom. The van der Waals surface area contributed by atoms with E-state index in [1.54, 1.807) is 12.1 Å². The second-order valence-electron chi connectivity index (χ2n) is 3.67. The highest BCUT2D eigenvalue weighted by molar-refractivity contribution is 5.81. The number of aryl methyl sites for hydroxylation is 1. The minimum atomic E-state index is -0.787. The van der Waals surface area contributed by atoms with Crippen molar-refractivity contribution in [3.8, 4) is 5.75 Å². The first-order valence-corrected chi connectivity index (χ1v) is 5.13. The molecule has 0 radical (unpaired) electrons. The maximum Gasteiger partial charge on any atom is 0.352 e. The van der Waals surface area contributed by atoms with Crippen LogP contribution < -0.4 is 4.74 Å². The molecule has 0 saturated carbocycles. The minimum Gasteiger partial charge on any atom is -0.450 e. The third-order valence-electron chi connectivity index (χ3n) is 2.43. The van der Waals surface area contributed by atoms with Gasteiger partial charge in [0.05, 0.1) is 0 Å². The number of para-hydroxylation sites is 1. The van der Waals surface area contributed by atoms with Crippen LogP contribution in [-0.4, -0.2) is 18.0 Å². The van der Waals surface area contributed by atoms with Crippen LogP contribution in [0.5, 0.6) is 5.75 Å². The molecule has 1 aromatic rings. The first-order valence-electron chi connectivity index (χ1n) is 5.13. The van der Waals surface area contributed by atoms with Crippen LogP contribution in [0.4, 0.5) is 0 Å². The number of hydrogen-bond donors (Lipinski definition) is 0. The largest absolute Gasteiger partial charge is 0.450 e. The average Bonchev–Trinajstić information content (AvgIpc) is 2.39. The lowest BCUT2D eigenvalue weighted by molar-refractivity contribution is -0.160. The quantitative estimate of drug-likeness (QED) is 0.531. The van der Waals surface area contributed by atoms with Gasteiger partial charge in [-0.3, -0.25) is 4.79 Å². The lowest BCUT2D eigenvalue weighted by Crippen LogP contribution is -2.29. The summed E-state index contributed by atoms with van der Waals surface area (Å²) in [6.45, 7) is 1.28. The second-order valence-corrected chi connectivity index (χ2v) is 3.67. The Morgan fingerprint density at radius 3 is 2.94 bits per heavy atom. The van der Waals surface area contributed by atoms with E-state index < -0.39 is 18.0 Å². The van der Waals surface area contributed by atoms with Crippen molar-refractivity contribution in [2.45, 2.75) is 25.9 Å². The van der Waals surface area contributed by atoms with E-state index in [4.69, 9.17) is 9.47 Å². The number of fused-ring (bicyclic) bond motifs is 1. The Morgan fingerprint density at radius 1 is 1.44 bits per heavy atom. The molecule has 0 N–H and O–H groups in total. The zero-order valence-corrected chi connectivity index (χ0v) is 8.93. The number of rotatable bonds is 1. The number of carbonyl (C=O) groups excluding carboxylic acids is 2. The summed E-state index contributed by atoms with van der Waals surface area (Å²) in [7, 11) is 0. The van der Waals surface area contributed by atoms with Crippen molar-refractivity contribution in [2.24, 2.45) is 0 Å². The Bertz CT molecular complexity index is 425. The number of esters is 2. The van der Waals surface area contributed by atoms with Crippen molar-refractivity contribution in [3.63, 3.8) is 0 Å². The normalized spacial score (nSPS) is 19.3. The minimum absolute atomic E-state index is 0.465. The molecule has 1 heterocycles. The van der Waals surface area contributed by atoms with Crippen LogP contribution in [0.3, 0.4) is 0 Å². The predicted molar refractivity (Wildman–Crippen MR) is 56.0 cm³/mol. The molecule has 0 saturated heterocycles. The molecule has 0 amide bonds. The summed E-state index contributed by atoms with van der Waals surface area (Å²) in [6.07, 6.45) is 0.347. The molecule has 1 atom stereocenters. The number of benzene rings is 1. The van der Waals surface area contributed by atoms with Crippen molar-refractivity contribution in [1.29, 1.82) is 0 Å². The third kappa shape index (κ3) is 2.21. The highest BCUT2D eigenvalue weighted by Gasteiger charge is 2.27. The van der Waals surface area contributed by atoms with E-state index in [9.17, 15) is 9.59 Å². The lowest BCUT2D eigenvalue weighted by atomic mass is 10.1. The standard InChI is InChI=1S/C12H12O4/c1-8(13)15-11-7-6-9-4-2-3-5-10(9)16-12(11)14/h2-5,11H,6-7H2,1H3. The molecule has 0 spiro atoms. The maximum atomic E-state index is 11.6. The zero-order chi connectivity index (χ0) is 11.5. The van der Waals surface area contributed by atoms with Crippen LogP contribution in [0.2, 0.25) is 0 Å². The lowest BCUT2D eigenvalue weighted by Gasteiger charge is -2.11. The van der Waals surface area contributed by atoms with E-state index >= 15 is 0 Å². The molecular weight excluding hydrogens is 208 g/mol. The molecule has 1 aliphatic heterocycles. The fourth-order valence-electron chi connectivity index (χ4n) is 1.70. The average molecular weight is 220 g/mol. The molecule has 1 aliphatic rings. The van der Waals surface area contributed by atoms with Gasteiger partial charge in [0, 0.05) is 6.92 Å². The Hall–Kier alpha value is -1.84. The van der Waals surface area contributed by atoms with Gasteiger partial charge in [0.2, 0.25) is 0 Å². The molecule has 4 nitrogen and oxygen atoms in total. The van der Waals surface area contributed by atoms with Crippen molar-refractivity contribution >= 4 is 11.9 Å². The molecule has 1 unspecified atom stereocenters. The van der Waals surface area contributed by atoms with Crippen molar-refractivity contribution in [3.05, 3.63) is 29.8 Å². The van der Waals surface area contributed by atoms with Gasteiger partial charge in [0.1, 0.15) is 5.75 Å².